The van der Waals surface area contributed by atoms with Gasteiger partial charge in [0.15, 0.2) is 0 Å². The van der Waals surface area contributed by atoms with Crippen molar-refractivity contribution in [3.05, 3.63) is 33.9 Å². The van der Waals surface area contributed by atoms with Gasteiger partial charge >= 0.3 is 0 Å². The summed E-state index contributed by atoms with van der Waals surface area (Å²) in [6.07, 6.45) is -1.07. The number of rotatable bonds is 4. The average molecular weight is 254 g/mol. The zero-order valence-electron chi connectivity index (χ0n) is 11.0. The lowest BCUT2D eigenvalue weighted by atomic mass is 9.88. The number of thiol groups is 1. The van der Waals surface area contributed by atoms with E-state index < -0.39 is 12.2 Å². The Bertz CT molecular complexity index is 375. The number of aliphatic hydroxyl groups is 2. The third kappa shape index (κ3) is 3.03. The van der Waals surface area contributed by atoms with E-state index in [0.717, 1.165) is 27.8 Å². The predicted molar refractivity (Wildman–Crippen MR) is 74.8 cm³/mol. The summed E-state index contributed by atoms with van der Waals surface area (Å²) in [6.45, 7) is 8.05. The van der Waals surface area contributed by atoms with Gasteiger partial charge in [-0.3, -0.25) is 0 Å². The second-order valence-electron chi connectivity index (χ2n) is 4.70. The molecule has 3 heteroatoms. The van der Waals surface area contributed by atoms with Crippen molar-refractivity contribution < 1.29 is 10.2 Å². The third-order valence-corrected chi connectivity index (χ3v) is 3.77. The minimum Gasteiger partial charge on any atom is -0.390 e. The SMILES string of the molecule is Cc1cc(C)c(C)c(C(O)C(O)CCS)c1C. The normalized spacial score (nSPS) is 14.8. The van der Waals surface area contributed by atoms with Crippen LogP contribution in [0.1, 0.15) is 40.3 Å². The van der Waals surface area contributed by atoms with Crippen LogP contribution in [0, 0.1) is 27.7 Å². The summed E-state index contributed by atoms with van der Waals surface area (Å²) in [6, 6.07) is 2.12. The fourth-order valence-corrected chi connectivity index (χ4v) is 2.44. The molecule has 0 fully saturated rings. The molecule has 0 saturated carbocycles. The predicted octanol–water partition coefficient (Wildman–Crippen LogP) is 2.63. The molecule has 1 aromatic carbocycles. The smallest absolute Gasteiger partial charge is 0.105 e. The summed E-state index contributed by atoms with van der Waals surface area (Å²) >= 11 is 4.09. The first-order valence-electron chi connectivity index (χ1n) is 5.94. The minimum absolute atomic E-state index is 0.496. The van der Waals surface area contributed by atoms with Crippen molar-refractivity contribution in [2.45, 2.75) is 46.3 Å². The topological polar surface area (TPSA) is 40.5 Å². The molecule has 2 unspecified atom stereocenters. The molecule has 1 rings (SSSR count). The monoisotopic (exact) mass is 254 g/mol. The van der Waals surface area contributed by atoms with E-state index in [2.05, 4.69) is 18.7 Å². The third-order valence-electron chi connectivity index (χ3n) is 3.51. The molecule has 2 nitrogen and oxygen atoms in total. The van der Waals surface area contributed by atoms with Crippen LogP contribution in [-0.2, 0) is 0 Å². The molecule has 0 aliphatic heterocycles. The van der Waals surface area contributed by atoms with E-state index >= 15 is 0 Å². The van der Waals surface area contributed by atoms with Crippen LogP contribution in [0.3, 0.4) is 0 Å². The standard InChI is InChI=1S/C14H22O2S/c1-8-7-9(2)11(4)13(10(8)3)14(16)12(15)5-6-17/h7,12,14-17H,5-6H2,1-4H3. The molecule has 2 N–H and O–H groups in total. The Morgan fingerprint density at radius 3 is 1.94 bits per heavy atom. The molecule has 0 aliphatic rings. The van der Waals surface area contributed by atoms with Crippen molar-refractivity contribution in [2.24, 2.45) is 0 Å². The first kappa shape index (κ1) is 14.6. The molecule has 0 radical (unpaired) electrons. The van der Waals surface area contributed by atoms with Gasteiger partial charge in [-0.15, -0.1) is 0 Å². The van der Waals surface area contributed by atoms with Crippen molar-refractivity contribution in [3.8, 4) is 0 Å². The molecule has 0 bridgehead atoms. The van der Waals surface area contributed by atoms with Crippen LogP contribution in [0.5, 0.6) is 0 Å². The molecule has 0 heterocycles. The van der Waals surface area contributed by atoms with E-state index in [0.29, 0.717) is 12.2 Å². The molecule has 17 heavy (non-hydrogen) atoms. The number of hydrogen-bond acceptors (Lipinski definition) is 3. The summed E-state index contributed by atoms with van der Waals surface area (Å²) in [5.41, 5.74) is 5.31. The Morgan fingerprint density at radius 1 is 1.06 bits per heavy atom. The number of hydrogen-bond donors (Lipinski definition) is 3. The highest BCUT2D eigenvalue weighted by Gasteiger charge is 2.22. The Labute approximate surface area is 109 Å². The van der Waals surface area contributed by atoms with Gasteiger partial charge in [0.1, 0.15) is 6.10 Å². The van der Waals surface area contributed by atoms with E-state index in [1.54, 1.807) is 0 Å². The molecular formula is C14H22O2S. The van der Waals surface area contributed by atoms with Crippen molar-refractivity contribution in [1.82, 2.24) is 0 Å². The molecule has 1 aromatic rings. The zero-order valence-corrected chi connectivity index (χ0v) is 11.9. The Balaban J connectivity index is 3.20. The van der Waals surface area contributed by atoms with E-state index in [-0.39, 0.29) is 0 Å². The maximum atomic E-state index is 10.2. The lowest BCUT2D eigenvalue weighted by molar-refractivity contribution is 0.0164. The maximum absolute atomic E-state index is 10.2. The van der Waals surface area contributed by atoms with Gasteiger partial charge in [0.05, 0.1) is 6.10 Å². The molecule has 0 saturated heterocycles. The van der Waals surface area contributed by atoms with Crippen molar-refractivity contribution in [1.29, 1.82) is 0 Å². The Morgan fingerprint density at radius 2 is 1.53 bits per heavy atom. The molecular weight excluding hydrogens is 232 g/mol. The van der Waals surface area contributed by atoms with Gasteiger partial charge in [0.25, 0.3) is 0 Å². The van der Waals surface area contributed by atoms with Crippen LogP contribution >= 0.6 is 12.6 Å². The van der Waals surface area contributed by atoms with E-state index in [9.17, 15) is 10.2 Å². The molecule has 96 valence electrons. The largest absolute Gasteiger partial charge is 0.390 e. The Kier molecular flexibility index (Phi) is 5.04. The molecule has 0 spiro atoms. The summed E-state index contributed by atoms with van der Waals surface area (Å²) < 4.78 is 0. The second kappa shape index (κ2) is 5.89. The molecule has 0 aromatic heterocycles. The minimum atomic E-state index is -0.819. The first-order chi connectivity index (χ1) is 7.90. The van der Waals surface area contributed by atoms with Crippen LogP contribution in [0.2, 0.25) is 0 Å². The lowest BCUT2D eigenvalue weighted by Crippen LogP contribution is -2.21. The average Bonchev–Trinajstić information content (AvgIpc) is 2.27. The fourth-order valence-electron chi connectivity index (χ4n) is 2.17. The van der Waals surface area contributed by atoms with Crippen molar-refractivity contribution >= 4 is 12.6 Å². The van der Waals surface area contributed by atoms with Gasteiger partial charge in [-0.1, -0.05) is 6.07 Å². The van der Waals surface area contributed by atoms with Crippen LogP contribution in [0.15, 0.2) is 6.07 Å². The highest BCUT2D eigenvalue weighted by atomic mass is 32.1. The van der Waals surface area contributed by atoms with Crippen molar-refractivity contribution in [3.63, 3.8) is 0 Å². The van der Waals surface area contributed by atoms with Crippen LogP contribution in [0.4, 0.5) is 0 Å². The van der Waals surface area contributed by atoms with E-state index in [1.165, 1.54) is 0 Å². The van der Waals surface area contributed by atoms with Gasteiger partial charge < -0.3 is 10.2 Å². The first-order valence-corrected chi connectivity index (χ1v) is 6.57. The van der Waals surface area contributed by atoms with Gasteiger partial charge in [-0.05, 0) is 67.7 Å². The van der Waals surface area contributed by atoms with Gasteiger partial charge in [-0.2, -0.15) is 12.6 Å². The summed E-state index contributed by atoms with van der Waals surface area (Å²) in [7, 11) is 0. The molecule has 2 atom stereocenters. The molecule has 0 aliphatic carbocycles. The fraction of sp³-hybridized carbons (Fsp3) is 0.571. The highest BCUT2D eigenvalue weighted by molar-refractivity contribution is 7.80. The number of aliphatic hydroxyl groups excluding tert-OH is 2. The van der Waals surface area contributed by atoms with Crippen molar-refractivity contribution in [2.75, 3.05) is 5.75 Å². The maximum Gasteiger partial charge on any atom is 0.105 e. The van der Waals surface area contributed by atoms with Gasteiger partial charge in [-0.25, -0.2) is 0 Å². The quantitative estimate of drug-likeness (QED) is 0.723. The summed E-state index contributed by atoms with van der Waals surface area (Å²) in [5, 5.41) is 20.1. The molecule has 0 amide bonds. The van der Waals surface area contributed by atoms with Crippen LogP contribution < -0.4 is 0 Å². The van der Waals surface area contributed by atoms with Crippen LogP contribution in [-0.4, -0.2) is 22.1 Å². The van der Waals surface area contributed by atoms with E-state index in [4.69, 9.17) is 0 Å². The zero-order chi connectivity index (χ0) is 13.2. The van der Waals surface area contributed by atoms with Gasteiger partial charge in [0, 0.05) is 0 Å². The van der Waals surface area contributed by atoms with Crippen LogP contribution in [0.25, 0.3) is 0 Å². The summed E-state index contributed by atoms with van der Waals surface area (Å²) in [5.74, 6) is 0.571. The van der Waals surface area contributed by atoms with Gasteiger partial charge in [0.2, 0.25) is 0 Å². The number of aryl methyl sites for hydroxylation is 2. The number of benzene rings is 1. The highest BCUT2D eigenvalue weighted by Crippen LogP contribution is 2.30. The Hall–Kier alpha value is -0.510. The van der Waals surface area contributed by atoms with E-state index in [1.807, 2.05) is 27.7 Å². The lowest BCUT2D eigenvalue weighted by Gasteiger charge is -2.23. The second-order valence-corrected chi connectivity index (χ2v) is 5.15. The summed E-state index contributed by atoms with van der Waals surface area (Å²) in [4.78, 5) is 0.